The van der Waals surface area contributed by atoms with Crippen LogP contribution in [0.5, 0.6) is 0 Å². The van der Waals surface area contributed by atoms with E-state index < -0.39 is 17.8 Å². The first-order valence-corrected chi connectivity index (χ1v) is 7.10. The third-order valence-electron chi connectivity index (χ3n) is 4.01. The number of aliphatic hydroxyl groups is 1. The summed E-state index contributed by atoms with van der Waals surface area (Å²) in [7, 11) is 1.70. The SMILES string of the molecule is CNCc1ccc(N2CCC(C)C(O)C2)c(C(F)(F)F)c1. The molecule has 2 rings (SSSR count). The molecule has 1 heterocycles. The summed E-state index contributed by atoms with van der Waals surface area (Å²) in [6.45, 7) is 3.09. The molecule has 1 aromatic rings. The molecule has 1 fully saturated rings. The van der Waals surface area contributed by atoms with Gasteiger partial charge in [0.2, 0.25) is 0 Å². The molecule has 1 aliphatic rings. The minimum Gasteiger partial charge on any atom is -0.391 e. The fraction of sp³-hybridized carbons (Fsp3) is 0.600. The third kappa shape index (κ3) is 3.68. The number of piperidine rings is 1. The number of nitrogens with one attached hydrogen (secondary N) is 1. The molecule has 6 heteroatoms. The molecule has 21 heavy (non-hydrogen) atoms. The fourth-order valence-electron chi connectivity index (χ4n) is 2.67. The topological polar surface area (TPSA) is 35.5 Å². The molecule has 1 aliphatic heterocycles. The molecule has 1 saturated heterocycles. The van der Waals surface area contributed by atoms with Crippen molar-refractivity contribution in [3.8, 4) is 0 Å². The third-order valence-corrected chi connectivity index (χ3v) is 4.01. The zero-order valence-electron chi connectivity index (χ0n) is 12.2. The van der Waals surface area contributed by atoms with Crippen LogP contribution < -0.4 is 10.2 Å². The van der Waals surface area contributed by atoms with E-state index in [1.165, 1.54) is 12.1 Å². The number of hydrogen-bond acceptors (Lipinski definition) is 3. The van der Waals surface area contributed by atoms with Crippen LogP contribution in [0.3, 0.4) is 0 Å². The molecule has 0 aromatic heterocycles. The Balaban J connectivity index is 2.34. The van der Waals surface area contributed by atoms with Crippen LogP contribution in [0.1, 0.15) is 24.5 Å². The zero-order chi connectivity index (χ0) is 15.6. The fourth-order valence-corrected chi connectivity index (χ4v) is 2.67. The van der Waals surface area contributed by atoms with Crippen LogP contribution in [-0.2, 0) is 12.7 Å². The highest BCUT2D eigenvalue weighted by Gasteiger charge is 2.36. The van der Waals surface area contributed by atoms with Gasteiger partial charge < -0.3 is 15.3 Å². The lowest BCUT2D eigenvalue weighted by atomic mass is 9.94. The maximum Gasteiger partial charge on any atom is 0.418 e. The lowest BCUT2D eigenvalue weighted by molar-refractivity contribution is -0.137. The van der Waals surface area contributed by atoms with Crippen LogP contribution in [0.2, 0.25) is 0 Å². The van der Waals surface area contributed by atoms with Crippen LogP contribution in [0, 0.1) is 5.92 Å². The number of nitrogens with zero attached hydrogens (tertiary/aromatic N) is 1. The normalized spacial score (nSPS) is 23.4. The van der Waals surface area contributed by atoms with Crippen LogP contribution >= 0.6 is 0 Å². The Morgan fingerprint density at radius 3 is 2.67 bits per heavy atom. The highest BCUT2D eigenvalue weighted by molar-refractivity contribution is 5.57. The van der Waals surface area contributed by atoms with Gasteiger partial charge in [0, 0.05) is 25.3 Å². The average molecular weight is 302 g/mol. The first-order chi connectivity index (χ1) is 9.82. The number of β-amino-alcohol motifs (C(OH)–C–C–N with tert-alkyl or cyclic N) is 1. The van der Waals surface area contributed by atoms with Crippen molar-refractivity contribution >= 4 is 5.69 Å². The van der Waals surface area contributed by atoms with Gasteiger partial charge in [0.15, 0.2) is 0 Å². The number of rotatable bonds is 3. The predicted octanol–water partition coefficient (Wildman–Crippen LogP) is 2.63. The Kier molecular flexibility index (Phi) is 4.78. The van der Waals surface area contributed by atoms with Crippen molar-refractivity contribution in [3.63, 3.8) is 0 Å². The second-order valence-electron chi connectivity index (χ2n) is 5.66. The van der Waals surface area contributed by atoms with Gasteiger partial charge in [-0.15, -0.1) is 0 Å². The molecule has 118 valence electrons. The maximum atomic E-state index is 13.3. The second-order valence-corrected chi connectivity index (χ2v) is 5.66. The number of halogens is 3. The van der Waals surface area contributed by atoms with Crippen LogP contribution in [-0.4, -0.2) is 31.3 Å². The van der Waals surface area contributed by atoms with Crippen molar-refractivity contribution < 1.29 is 18.3 Å². The number of alkyl halides is 3. The summed E-state index contributed by atoms with van der Waals surface area (Å²) < 4.78 is 39.9. The van der Waals surface area contributed by atoms with Crippen molar-refractivity contribution in [1.29, 1.82) is 0 Å². The van der Waals surface area contributed by atoms with E-state index in [2.05, 4.69) is 5.32 Å². The molecule has 0 spiro atoms. The number of hydrogen-bond donors (Lipinski definition) is 2. The summed E-state index contributed by atoms with van der Waals surface area (Å²) in [6.07, 6.45) is -4.29. The minimum atomic E-state index is -4.40. The van der Waals surface area contributed by atoms with Gasteiger partial charge >= 0.3 is 6.18 Å². The predicted molar refractivity (Wildman–Crippen MR) is 76.2 cm³/mol. The minimum absolute atomic E-state index is 0.124. The molecular weight excluding hydrogens is 281 g/mol. The standard InChI is InChI=1S/C15H21F3N2O/c1-10-5-6-20(9-14(10)21)13-4-3-11(8-19-2)7-12(13)15(16,17)18/h3-4,7,10,14,19,21H,5-6,8-9H2,1-2H3. The summed E-state index contributed by atoms with van der Waals surface area (Å²) in [4.78, 5) is 1.64. The van der Waals surface area contributed by atoms with E-state index in [1.807, 2.05) is 6.92 Å². The molecule has 2 unspecified atom stereocenters. The van der Waals surface area contributed by atoms with Crippen molar-refractivity contribution in [3.05, 3.63) is 29.3 Å². The number of aliphatic hydroxyl groups excluding tert-OH is 1. The van der Waals surface area contributed by atoms with Crippen LogP contribution in [0.25, 0.3) is 0 Å². The van der Waals surface area contributed by atoms with Gasteiger partial charge in [0.25, 0.3) is 0 Å². The maximum absolute atomic E-state index is 13.3. The molecule has 0 bridgehead atoms. The summed E-state index contributed by atoms with van der Waals surface area (Å²) >= 11 is 0. The highest BCUT2D eigenvalue weighted by atomic mass is 19.4. The molecule has 2 N–H and O–H groups in total. The van der Waals surface area contributed by atoms with Crippen LogP contribution in [0.15, 0.2) is 18.2 Å². The van der Waals surface area contributed by atoms with Gasteiger partial charge in [-0.25, -0.2) is 0 Å². The lowest BCUT2D eigenvalue weighted by Crippen LogP contribution is -2.43. The number of benzene rings is 1. The quantitative estimate of drug-likeness (QED) is 0.901. The van der Waals surface area contributed by atoms with Gasteiger partial charge in [-0.3, -0.25) is 0 Å². The summed E-state index contributed by atoms with van der Waals surface area (Å²) in [5, 5.41) is 12.8. The van der Waals surface area contributed by atoms with Gasteiger partial charge in [0.05, 0.1) is 11.7 Å². The Bertz CT molecular complexity index is 490. The molecule has 0 amide bonds. The summed E-state index contributed by atoms with van der Waals surface area (Å²) in [6, 6.07) is 4.40. The van der Waals surface area contributed by atoms with Gasteiger partial charge in [-0.05, 0) is 37.1 Å². The second kappa shape index (κ2) is 6.23. The smallest absolute Gasteiger partial charge is 0.391 e. The monoisotopic (exact) mass is 302 g/mol. The van der Waals surface area contributed by atoms with E-state index in [4.69, 9.17) is 0 Å². The summed E-state index contributed by atoms with van der Waals surface area (Å²) in [5.41, 5.74) is 0.129. The largest absolute Gasteiger partial charge is 0.418 e. The van der Waals surface area contributed by atoms with Crippen molar-refractivity contribution in [2.75, 3.05) is 25.0 Å². The van der Waals surface area contributed by atoms with Gasteiger partial charge in [-0.2, -0.15) is 13.2 Å². The first-order valence-electron chi connectivity index (χ1n) is 7.10. The molecule has 1 aromatic carbocycles. The molecular formula is C15H21F3N2O. The van der Waals surface area contributed by atoms with E-state index in [0.29, 0.717) is 25.1 Å². The van der Waals surface area contributed by atoms with Crippen molar-refractivity contribution in [2.45, 2.75) is 32.2 Å². The summed E-state index contributed by atoms with van der Waals surface area (Å²) in [5.74, 6) is 0.124. The average Bonchev–Trinajstić information content (AvgIpc) is 2.41. The molecule has 0 aliphatic carbocycles. The lowest BCUT2D eigenvalue weighted by Gasteiger charge is -2.37. The van der Waals surface area contributed by atoms with Gasteiger partial charge in [0.1, 0.15) is 0 Å². The Morgan fingerprint density at radius 2 is 2.10 bits per heavy atom. The zero-order valence-corrected chi connectivity index (χ0v) is 12.2. The molecule has 0 radical (unpaired) electrons. The molecule has 0 saturated carbocycles. The Hall–Kier alpha value is -1.27. The van der Waals surface area contributed by atoms with E-state index in [9.17, 15) is 18.3 Å². The van der Waals surface area contributed by atoms with E-state index in [-0.39, 0.29) is 18.2 Å². The Morgan fingerprint density at radius 1 is 1.38 bits per heavy atom. The molecule has 2 atom stereocenters. The number of anilines is 1. The van der Waals surface area contributed by atoms with E-state index in [0.717, 1.165) is 0 Å². The van der Waals surface area contributed by atoms with Crippen molar-refractivity contribution in [1.82, 2.24) is 5.32 Å². The Labute approximate surface area is 122 Å². The van der Waals surface area contributed by atoms with Crippen LogP contribution in [0.4, 0.5) is 18.9 Å². The highest BCUT2D eigenvalue weighted by Crippen LogP contribution is 2.38. The van der Waals surface area contributed by atoms with Gasteiger partial charge in [-0.1, -0.05) is 13.0 Å². The van der Waals surface area contributed by atoms with Crippen molar-refractivity contribution in [2.24, 2.45) is 5.92 Å². The first kappa shape index (κ1) is 16.1. The van der Waals surface area contributed by atoms with E-state index in [1.54, 1.807) is 18.0 Å². The molecule has 3 nitrogen and oxygen atoms in total. The van der Waals surface area contributed by atoms with E-state index >= 15 is 0 Å².